The van der Waals surface area contributed by atoms with Crippen LogP contribution in [0.3, 0.4) is 0 Å². The van der Waals surface area contributed by atoms with Gasteiger partial charge in [0.15, 0.2) is 17.6 Å². The predicted octanol–water partition coefficient (Wildman–Crippen LogP) is 2.59. The summed E-state index contributed by atoms with van der Waals surface area (Å²) in [6.07, 6.45) is 3.20. The quantitative estimate of drug-likeness (QED) is 0.670. The zero-order chi connectivity index (χ0) is 16.9. The van der Waals surface area contributed by atoms with E-state index in [2.05, 4.69) is 5.32 Å². The Hall–Kier alpha value is -3.22. The molecule has 0 bridgehead atoms. The highest BCUT2D eigenvalue weighted by atomic mass is 16.7. The smallest absolute Gasteiger partial charge is 0.331 e. The summed E-state index contributed by atoms with van der Waals surface area (Å²) < 4.78 is 20.5. The van der Waals surface area contributed by atoms with Crippen molar-refractivity contribution in [2.45, 2.75) is 13.0 Å². The molecule has 1 N–H and O–H groups in total. The van der Waals surface area contributed by atoms with Gasteiger partial charge >= 0.3 is 5.97 Å². The number of nitrogens with one attached hydrogen (secondary N) is 1. The van der Waals surface area contributed by atoms with Crippen LogP contribution in [-0.2, 0) is 14.3 Å². The van der Waals surface area contributed by atoms with Crippen molar-refractivity contribution in [2.75, 3.05) is 12.1 Å². The average molecular weight is 329 g/mol. The molecule has 1 aromatic carbocycles. The summed E-state index contributed by atoms with van der Waals surface area (Å²) in [5.74, 6) is 0.604. The Bertz CT molecular complexity index is 765. The monoisotopic (exact) mass is 329 g/mol. The first-order chi connectivity index (χ1) is 11.6. The zero-order valence-electron chi connectivity index (χ0n) is 12.9. The first-order valence-corrected chi connectivity index (χ1v) is 7.24. The van der Waals surface area contributed by atoms with Gasteiger partial charge in [-0.15, -0.1) is 0 Å². The number of furan rings is 1. The van der Waals surface area contributed by atoms with Crippen LogP contribution < -0.4 is 14.8 Å². The van der Waals surface area contributed by atoms with Crippen LogP contribution in [0.5, 0.6) is 11.5 Å². The van der Waals surface area contributed by atoms with Gasteiger partial charge in [-0.1, -0.05) is 0 Å². The van der Waals surface area contributed by atoms with E-state index in [0.29, 0.717) is 22.9 Å². The third-order valence-electron chi connectivity index (χ3n) is 3.23. The molecular weight excluding hydrogens is 314 g/mol. The molecule has 2 heterocycles. The van der Waals surface area contributed by atoms with Crippen LogP contribution in [0.1, 0.15) is 12.7 Å². The van der Waals surface area contributed by atoms with Gasteiger partial charge in [-0.3, -0.25) is 4.79 Å². The number of benzene rings is 1. The maximum atomic E-state index is 12.1. The molecule has 1 amide bonds. The molecule has 0 radical (unpaired) electrons. The maximum absolute atomic E-state index is 12.1. The zero-order valence-corrected chi connectivity index (χ0v) is 12.9. The van der Waals surface area contributed by atoms with E-state index in [1.165, 1.54) is 25.3 Å². The number of esters is 1. The Kier molecular flexibility index (Phi) is 4.51. The Labute approximate surface area is 137 Å². The van der Waals surface area contributed by atoms with Gasteiger partial charge in [0.05, 0.1) is 6.26 Å². The highest BCUT2D eigenvalue weighted by Crippen LogP contribution is 2.34. The first kappa shape index (κ1) is 15.7. The van der Waals surface area contributed by atoms with Crippen LogP contribution in [0, 0.1) is 0 Å². The van der Waals surface area contributed by atoms with Crippen molar-refractivity contribution >= 4 is 23.6 Å². The second kappa shape index (κ2) is 6.91. The van der Waals surface area contributed by atoms with Crippen LogP contribution >= 0.6 is 0 Å². The largest absolute Gasteiger partial charge is 0.465 e. The summed E-state index contributed by atoms with van der Waals surface area (Å²) in [5.41, 5.74) is 0.526. The van der Waals surface area contributed by atoms with E-state index < -0.39 is 18.0 Å². The Morgan fingerprint density at radius 2 is 2.08 bits per heavy atom. The van der Waals surface area contributed by atoms with E-state index in [0.717, 1.165) is 0 Å². The van der Waals surface area contributed by atoms with Gasteiger partial charge in [0.2, 0.25) is 6.79 Å². The molecule has 2 aromatic rings. The molecule has 0 aliphatic carbocycles. The van der Waals surface area contributed by atoms with E-state index in [9.17, 15) is 9.59 Å². The SMILES string of the molecule is CC(OC(=O)/C=C/c1ccco1)C(=O)Nc1ccc2c(c1)OCO2. The summed E-state index contributed by atoms with van der Waals surface area (Å²) in [4.78, 5) is 23.8. The number of fused-ring (bicyclic) bond motifs is 1. The van der Waals surface area contributed by atoms with E-state index in [4.69, 9.17) is 18.6 Å². The molecule has 0 fully saturated rings. The van der Waals surface area contributed by atoms with Crippen LogP contribution in [0.15, 0.2) is 47.1 Å². The number of ether oxygens (including phenoxy) is 3. The third-order valence-corrected chi connectivity index (χ3v) is 3.23. The highest BCUT2D eigenvalue weighted by Gasteiger charge is 2.19. The van der Waals surface area contributed by atoms with Gasteiger partial charge in [-0.05, 0) is 37.3 Å². The van der Waals surface area contributed by atoms with E-state index >= 15 is 0 Å². The molecule has 0 spiro atoms. The summed E-state index contributed by atoms with van der Waals surface area (Å²) in [6.45, 7) is 1.64. The van der Waals surface area contributed by atoms with Crippen molar-refractivity contribution < 1.29 is 28.2 Å². The molecule has 124 valence electrons. The molecule has 0 saturated carbocycles. The Morgan fingerprint density at radius 3 is 2.88 bits per heavy atom. The summed E-state index contributed by atoms with van der Waals surface area (Å²) >= 11 is 0. The lowest BCUT2D eigenvalue weighted by atomic mass is 10.2. The van der Waals surface area contributed by atoms with Crippen LogP contribution in [-0.4, -0.2) is 24.8 Å². The summed E-state index contributed by atoms with van der Waals surface area (Å²) in [6, 6.07) is 8.41. The molecule has 1 aliphatic heterocycles. The van der Waals surface area contributed by atoms with Crippen molar-refractivity contribution in [3.05, 3.63) is 48.4 Å². The van der Waals surface area contributed by atoms with Crippen LogP contribution in [0.25, 0.3) is 6.08 Å². The fourth-order valence-corrected chi connectivity index (χ4v) is 2.02. The van der Waals surface area contributed by atoms with Gasteiger partial charge in [-0.25, -0.2) is 4.79 Å². The molecule has 1 unspecified atom stereocenters. The minimum Gasteiger partial charge on any atom is -0.465 e. The lowest BCUT2D eigenvalue weighted by Crippen LogP contribution is -2.29. The average Bonchev–Trinajstić information content (AvgIpc) is 3.23. The van der Waals surface area contributed by atoms with E-state index in [1.807, 2.05) is 0 Å². The van der Waals surface area contributed by atoms with Gasteiger partial charge in [0, 0.05) is 17.8 Å². The maximum Gasteiger partial charge on any atom is 0.331 e. The number of carbonyl (C=O) groups excluding carboxylic acids is 2. The van der Waals surface area contributed by atoms with Crippen LogP contribution in [0.2, 0.25) is 0 Å². The molecule has 1 atom stereocenters. The van der Waals surface area contributed by atoms with Gasteiger partial charge < -0.3 is 23.9 Å². The van der Waals surface area contributed by atoms with E-state index in [1.54, 1.807) is 30.3 Å². The normalized spacial score (nSPS) is 13.7. The molecule has 24 heavy (non-hydrogen) atoms. The minimum atomic E-state index is -0.954. The van der Waals surface area contributed by atoms with Gasteiger partial charge in [-0.2, -0.15) is 0 Å². The predicted molar refractivity (Wildman–Crippen MR) is 84.5 cm³/mol. The lowest BCUT2D eigenvalue weighted by Gasteiger charge is -2.12. The van der Waals surface area contributed by atoms with Crippen molar-refractivity contribution in [3.63, 3.8) is 0 Å². The van der Waals surface area contributed by atoms with E-state index in [-0.39, 0.29) is 6.79 Å². The van der Waals surface area contributed by atoms with Gasteiger partial charge in [0.1, 0.15) is 5.76 Å². The first-order valence-electron chi connectivity index (χ1n) is 7.24. The lowest BCUT2D eigenvalue weighted by molar-refractivity contribution is -0.148. The number of amides is 1. The number of hydrogen-bond donors (Lipinski definition) is 1. The number of rotatable bonds is 5. The molecule has 7 nitrogen and oxygen atoms in total. The molecule has 0 saturated heterocycles. The van der Waals surface area contributed by atoms with Crippen molar-refractivity contribution in [3.8, 4) is 11.5 Å². The molecule has 3 rings (SSSR count). The standard InChI is InChI=1S/C17H15NO6/c1-11(24-16(19)7-5-13-3-2-8-21-13)17(20)18-12-4-6-14-15(9-12)23-10-22-14/h2-9,11H,10H2,1H3,(H,18,20)/b7-5+. The number of anilines is 1. The van der Waals surface area contributed by atoms with Crippen molar-refractivity contribution in [1.82, 2.24) is 0 Å². The Balaban J connectivity index is 1.53. The second-order valence-electron chi connectivity index (χ2n) is 4.99. The molecule has 7 heteroatoms. The van der Waals surface area contributed by atoms with Crippen molar-refractivity contribution in [2.24, 2.45) is 0 Å². The highest BCUT2D eigenvalue weighted by molar-refractivity contribution is 5.96. The summed E-state index contributed by atoms with van der Waals surface area (Å²) in [5, 5.41) is 2.65. The number of carbonyl (C=O) groups is 2. The summed E-state index contributed by atoms with van der Waals surface area (Å²) in [7, 11) is 0. The molecule has 1 aromatic heterocycles. The minimum absolute atomic E-state index is 0.156. The number of hydrogen-bond acceptors (Lipinski definition) is 6. The van der Waals surface area contributed by atoms with Gasteiger partial charge in [0.25, 0.3) is 5.91 Å². The Morgan fingerprint density at radius 1 is 1.25 bits per heavy atom. The fraction of sp³-hybridized carbons (Fsp3) is 0.176. The third kappa shape index (κ3) is 3.75. The van der Waals surface area contributed by atoms with Crippen molar-refractivity contribution in [1.29, 1.82) is 0 Å². The molecule has 1 aliphatic rings. The topological polar surface area (TPSA) is 87.0 Å². The molecular formula is C17H15NO6. The fourth-order valence-electron chi connectivity index (χ4n) is 2.02. The van der Waals surface area contributed by atoms with Crippen LogP contribution in [0.4, 0.5) is 5.69 Å². The second-order valence-corrected chi connectivity index (χ2v) is 4.99.